The second kappa shape index (κ2) is 3.38. The molecule has 2 aliphatic carbocycles. The number of carbonyl (C=O) groups is 1. The first-order chi connectivity index (χ1) is 6.67. The van der Waals surface area contributed by atoms with Gasteiger partial charge >= 0.3 is 0 Å². The Labute approximate surface area is 85.9 Å². The summed E-state index contributed by atoms with van der Waals surface area (Å²) in [5.74, 6) is 0.885. The summed E-state index contributed by atoms with van der Waals surface area (Å²) >= 11 is 0. The summed E-state index contributed by atoms with van der Waals surface area (Å²) in [5.41, 5.74) is 1.40. The van der Waals surface area contributed by atoms with Crippen molar-refractivity contribution in [1.29, 1.82) is 0 Å². The third-order valence-corrected chi connectivity index (χ3v) is 4.03. The van der Waals surface area contributed by atoms with Crippen LogP contribution < -0.4 is 0 Å². The van der Waals surface area contributed by atoms with Crippen molar-refractivity contribution in [1.82, 2.24) is 0 Å². The van der Waals surface area contributed by atoms with Crippen LogP contribution in [0.1, 0.15) is 39.5 Å². The van der Waals surface area contributed by atoms with E-state index in [0.717, 1.165) is 19.3 Å². The van der Waals surface area contributed by atoms with Crippen LogP contribution in [0.15, 0.2) is 23.8 Å². The van der Waals surface area contributed by atoms with Crippen molar-refractivity contribution >= 4 is 5.78 Å². The third kappa shape index (κ3) is 1.26. The predicted molar refractivity (Wildman–Crippen MR) is 58.0 cm³/mol. The molecule has 1 heteroatoms. The van der Waals surface area contributed by atoms with Gasteiger partial charge in [0.15, 0.2) is 0 Å². The molecule has 76 valence electrons. The molecule has 0 aromatic heterocycles. The lowest BCUT2D eigenvalue weighted by atomic mass is 9.56. The average Bonchev–Trinajstić information content (AvgIpc) is 2.05. The normalized spacial score (nSPS) is 29.3. The number of hydrogen-bond donors (Lipinski definition) is 0. The lowest BCUT2D eigenvalue weighted by Gasteiger charge is -2.47. The molecule has 2 rings (SSSR count). The topological polar surface area (TPSA) is 17.1 Å². The van der Waals surface area contributed by atoms with E-state index in [1.165, 1.54) is 12.0 Å². The molecule has 1 unspecified atom stereocenters. The van der Waals surface area contributed by atoms with Gasteiger partial charge in [-0.2, -0.15) is 0 Å². The zero-order chi connectivity index (χ0) is 10.2. The van der Waals surface area contributed by atoms with E-state index in [2.05, 4.69) is 25.2 Å². The van der Waals surface area contributed by atoms with E-state index in [1.807, 2.05) is 0 Å². The Bertz CT molecular complexity index is 305. The Kier molecular flexibility index (Phi) is 2.34. The summed E-state index contributed by atoms with van der Waals surface area (Å²) in [7, 11) is 0. The molecule has 0 spiro atoms. The Balaban J connectivity index is 2.25. The van der Waals surface area contributed by atoms with Crippen molar-refractivity contribution in [2.24, 2.45) is 11.3 Å². The van der Waals surface area contributed by atoms with Crippen molar-refractivity contribution in [2.45, 2.75) is 39.5 Å². The monoisotopic (exact) mass is 190 g/mol. The molecular weight excluding hydrogens is 172 g/mol. The van der Waals surface area contributed by atoms with Crippen LogP contribution in [0.4, 0.5) is 0 Å². The SMILES string of the molecule is CC(=O)C1(C2CC=CC=C2C)CCC1. The minimum Gasteiger partial charge on any atom is -0.299 e. The Morgan fingerprint density at radius 1 is 1.50 bits per heavy atom. The lowest BCUT2D eigenvalue weighted by molar-refractivity contribution is -0.134. The van der Waals surface area contributed by atoms with Gasteiger partial charge in [0.25, 0.3) is 0 Å². The van der Waals surface area contributed by atoms with Gasteiger partial charge in [-0.25, -0.2) is 0 Å². The zero-order valence-corrected chi connectivity index (χ0v) is 9.05. The quantitative estimate of drug-likeness (QED) is 0.653. The highest BCUT2D eigenvalue weighted by molar-refractivity contribution is 5.84. The van der Waals surface area contributed by atoms with E-state index in [0.29, 0.717) is 11.7 Å². The molecule has 0 aromatic carbocycles. The predicted octanol–water partition coefficient (Wildman–Crippen LogP) is 3.27. The van der Waals surface area contributed by atoms with Crippen molar-refractivity contribution in [3.8, 4) is 0 Å². The minimum atomic E-state index is 0.00530. The number of hydrogen-bond acceptors (Lipinski definition) is 1. The van der Waals surface area contributed by atoms with Gasteiger partial charge in [0.05, 0.1) is 0 Å². The fourth-order valence-corrected chi connectivity index (χ4v) is 2.90. The van der Waals surface area contributed by atoms with E-state index >= 15 is 0 Å². The van der Waals surface area contributed by atoms with Crippen LogP contribution in [0.3, 0.4) is 0 Å². The van der Waals surface area contributed by atoms with E-state index in [-0.39, 0.29) is 5.41 Å². The molecular formula is C13H18O. The van der Waals surface area contributed by atoms with Crippen LogP contribution in [0, 0.1) is 11.3 Å². The van der Waals surface area contributed by atoms with Crippen molar-refractivity contribution in [2.75, 3.05) is 0 Å². The molecule has 0 aliphatic heterocycles. The summed E-state index contributed by atoms with van der Waals surface area (Å²) in [5, 5.41) is 0. The largest absolute Gasteiger partial charge is 0.299 e. The van der Waals surface area contributed by atoms with E-state index < -0.39 is 0 Å². The molecule has 2 aliphatic rings. The number of Topliss-reactive ketones (excluding diaryl/α,β-unsaturated/α-hetero) is 1. The number of ketones is 1. The van der Waals surface area contributed by atoms with Gasteiger partial charge in [-0.15, -0.1) is 0 Å². The Hall–Kier alpha value is -0.850. The summed E-state index contributed by atoms with van der Waals surface area (Å²) in [6.45, 7) is 3.93. The molecule has 1 atom stereocenters. The molecule has 0 amide bonds. The Morgan fingerprint density at radius 2 is 2.21 bits per heavy atom. The van der Waals surface area contributed by atoms with Crippen LogP contribution >= 0.6 is 0 Å². The van der Waals surface area contributed by atoms with E-state index in [1.54, 1.807) is 6.92 Å². The number of carbonyl (C=O) groups excluding carboxylic acids is 1. The third-order valence-electron chi connectivity index (χ3n) is 4.03. The van der Waals surface area contributed by atoms with E-state index in [9.17, 15) is 4.79 Å². The van der Waals surface area contributed by atoms with Crippen molar-refractivity contribution in [3.63, 3.8) is 0 Å². The van der Waals surface area contributed by atoms with Gasteiger partial charge in [0.1, 0.15) is 5.78 Å². The van der Waals surface area contributed by atoms with Gasteiger partial charge in [0, 0.05) is 5.41 Å². The van der Waals surface area contributed by atoms with Gasteiger partial charge in [0.2, 0.25) is 0 Å². The van der Waals surface area contributed by atoms with E-state index in [4.69, 9.17) is 0 Å². The molecule has 0 aromatic rings. The molecule has 0 radical (unpaired) electrons. The molecule has 1 fully saturated rings. The summed E-state index contributed by atoms with van der Waals surface area (Å²) in [6.07, 6.45) is 11.0. The van der Waals surface area contributed by atoms with Gasteiger partial charge in [-0.3, -0.25) is 4.79 Å². The van der Waals surface area contributed by atoms with Crippen molar-refractivity contribution < 1.29 is 4.79 Å². The molecule has 14 heavy (non-hydrogen) atoms. The van der Waals surface area contributed by atoms with Crippen molar-refractivity contribution in [3.05, 3.63) is 23.8 Å². The first-order valence-corrected chi connectivity index (χ1v) is 5.51. The Morgan fingerprint density at radius 3 is 2.64 bits per heavy atom. The summed E-state index contributed by atoms with van der Waals surface area (Å²) in [6, 6.07) is 0. The van der Waals surface area contributed by atoms with Crippen LogP contribution in [0.2, 0.25) is 0 Å². The number of rotatable bonds is 2. The molecule has 1 nitrogen and oxygen atoms in total. The molecule has 0 saturated heterocycles. The molecule has 0 heterocycles. The van der Waals surface area contributed by atoms with Crippen LogP contribution in [0.5, 0.6) is 0 Å². The molecule has 1 saturated carbocycles. The van der Waals surface area contributed by atoms with Crippen LogP contribution in [-0.2, 0) is 4.79 Å². The van der Waals surface area contributed by atoms with Crippen LogP contribution in [-0.4, -0.2) is 5.78 Å². The maximum atomic E-state index is 11.7. The highest BCUT2D eigenvalue weighted by Gasteiger charge is 2.47. The smallest absolute Gasteiger partial charge is 0.136 e. The molecule has 0 N–H and O–H groups in total. The summed E-state index contributed by atoms with van der Waals surface area (Å²) in [4.78, 5) is 11.7. The maximum absolute atomic E-state index is 11.7. The zero-order valence-electron chi connectivity index (χ0n) is 9.05. The second-order valence-corrected chi connectivity index (χ2v) is 4.69. The van der Waals surface area contributed by atoms with Crippen LogP contribution in [0.25, 0.3) is 0 Å². The van der Waals surface area contributed by atoms with Gasteiger partial charge < -0.3 is 0 Å². The fourth-order valence-electron chi connectivity index (χ4n) is 2.90. The number of allylic oxidation sites excluding steroid dienone is 4. The lowest BCUT2D eigenvalue weighted by Crippen LogP contribution is -2.44. The highest BCUT2D eigenvalue weighted by Crippen LogP contribution is 2.52. The maximum Gasteiger partial charge on any atom is 0.136 e. The van der Waals surface area contributed by atoms with Gasteiger partial charge in [-0.05, 0) is 39.0 Å². The first kappa shape index (κ1) is 9.70. The second-order valence-electron chi connectivity index (χ2n) is 4.69. The summed E-state index contributed by atoms with van der Waals surface area (Å²) < 4.78 is 0. The first-order valence-electron chi connectivity index (χ1n) is 5.51. The average molecular weight is 190 g/mol. The highest BCUT2D eigenvalue weighted by atomic mass is 16.1. The van der Waals surface area contributed by atoms with Gasteiger partial charge in [-0.1, -0.05) is 30.2 Å². The standard InChI is InChI=1S/C13H18O/c1-10-6-3-4-7-12(10)13(11(2)14)8-5-9-13/h3-4,6,12H,5,7-9H2,1-2H3. The minimum absolute atomic E-state index is 0.00530. The molecule has 0 bridgehead atoms. The fraction of sp³-hybridized carbons (Fsp3) is 0.615.